The number of nitrogens with zero attached hydrogens (tertiary/aromatic N) is 1. The molecule has 0 aliphatic carbocycles. The van der Waals surface area contributed by atoms with E-state index in [-0.39, 0.29) is 12.5 Å². The normalized spacial score (nSPS) is 10.1. The zero-order chi connectivity index (χ0) is 15.4. The standard InChI is InChI=1S/C16H17NO3S/c1-11-7-15(12(2)20-11)16(19)17(3)9-13-8-14(21-10-13)5-4-6-18/h7-8,10,18H,6,9H2,1-3H3. The lowest BCUT2D eigenvalue weighted by Gasteiger charge is -2.15. The van der Waals surface area contributed by atoms with E-state index in [0.717, 1.165) is 16.2 Å². The Morgan fingerprint density at radius 1 is 1.43 bits per heavy atom. The molecule has 2 aromatic heterocycles. The molecule has 5 heteroatoms. The van der Waals surface area contributed by atoms with Gasteiger partial charge in [-0.05, 0) is 36.9 Å². The van der Waals surface area contributed by atoms with Gasteiger partial charge in [-0.3, -0.25) is 4.79 Å². The summed E-state index contributed by atoms with van der Waals surface area (Å²) < 4.78 is 5.40. The second kappa shape index (κ2) is 6.61. The van der Waals surface area contributed by atoms with Gasteiger partial charge in [-0.2, -0.15) is 0 Å². The van der Waals surface area contributed by atoms with Gasteiger partial charge in [-0.25, -0.2) is 0 Å². The number of hydrogen-bond donors (Lipinski definition) is 1. The predicted octanol–water partition coefficient (Wildman–Crippen LogP) is 2.57. The number of thiophene rings is 1. The van der Waals surface area contributed by atoms with Crippen LogP contribution in [-0.4, -0.2) is 29.6 Å². The van der Waals surface area contributed by atoms with Crippen molar-refractivity contribution in [2.45, 2.75) is 20.4 Å². The summed E-state index contributed by atoms with van der Waals surface area (Å²) in [6.07, 6.45) is 0. The number of carbonyl (C=O) groups excluding carboxylic acids is 1. The van der Waals surface area contributed by atoms with E-state index in [1.54, 1.807) is 24.9 Å². The van der Waals surface area contributed by atoms with Crippen LogP contribution in [0.2, 0.25) is 0 Å². The van der Waals surface area contributed by atoms with Gasteiger partial charge in [-0.15, -0.1) is 11.3 Å². The molecule has 0 saturated heterocycles. The van der Waals surface area contributed by atoms with E-state index in [2.05, 4.69) is 11.8 Å². The Bertz CT molecular complexity index is 703. The molecule has 0 bridgehead atoms. The molecule has 0 aromatic carbocycles. The molecule has 0 fully saturated rings. The highest BCUT2D eigenvalue weighted by Gasteiger charge is 2.18. The summed E-state index contributed by atoms with van der Waals surface area (Å²) in [5, 5.41) is 10.6. The molecule has 2 aromatic rings. The van der Waals surface area contributed by atoms with Crippen LogP contribution in [0, 0.1) is 25.7 Å². The first-order valence-corrected chi connectivity index (χ1v) is 7.39. The van der Waals surface area contributed by atoms with Gasteiger partial charge in [-0.1, -0.05) is 11.8 Å². The summed E-state index contributed by atoms with van der Waals surface area (Å²) in [6, 6.07) is 3.70. The molecule has 2 rings (SSSR count). The zero-order valence-corrected chi connectivity index (χ0v) is 13.1. The molecule has 1 N–H and O–H groups in total. The van der Waals surface area contributed by atoms with Crippen LogP contribution in [0.3, 0.4) is 0 Å². The van der Waals surface area contributed by atoms with Crippen molar-refractivity contribution in [2.75, 3.05) is 13.7 Å². The average molecular weight is 303 g/mol. The van der Waals surface area contributed by atoms with Crippen molar-refractivity contribution in [3.8, 4) is 11.8 Å². The van der Waals surface area contributed by atoms with Crippen molar-refractivity contribution in [1.29, 1.82) is 0 Å². The lowest BCUT2D eigenvalue weighted by atomic mass is 10.2. The Kier molecular flexibility index (Phi) is 4.84. The number of amides is 1. The van der Waals surface area contributed by atoms with Gasteiger partial charge in [0.2, 0.25) is 0 Å². The molecule has 0 spiro atoms. The number of furan rings is 1. The Labute approximate surface area is 128 Å². The number of hydrogen-bond acceptors (Lipinski definition) is 4. The molecule has 2 heterocycles. The summed E-state index contributed by atoms with van der Waals surface area (Å²) in [7, 11) is 1.76. The van der Waals surface area contributed by atoms with Gasteiger partial charge in [0, 0.05) is 13.6 Å². The van der Waals surface area contributed by atoms with E-state index in [0.29, 0.717) is 17.9 Å². The Morgan fingerprint density at radius 2 is 2.19 bits per heavy atom. The van der Waals surface area contributed by atoms with E-state index in [4.69, 9.17) is 9.52 Å². The summed E-state index contributed by atoms with van der Waals surface area (Å²) in [5.74, 6) is 6.80. The van der Waals surface area contributed by atoms with Gasteiger partial charge >= 0.3 is 0 Å². The quantitative estimate of drug-likeness (QED) is 0.887. The average Bonchev–Trinajstić information content (AvgIpc) is 3.02. The van der Waals surface area contributed by atoms with Crippen molar-refractivity contribution in [3.63, 3.8) is 0 Å². The lowest BCUT2D eigenvalue weighted by Crippen LogP contribution is -2.26. The first-order chi connectivity index (χ1) is 10.0. The van der Waals surface area contributed by atoms with Crippen LogP contribution in [0.5, 0.6) is 0 Å². The van der Waals surface area contributed by atoms with Crippen LogP contribution in [0.15, 0.2) is 21.9 Å². The van der Waals surface area contributed by atoms with Gasteiger partial charge in [0.05, 0.1) is 10.4 Å². The van der Waals surface area contributed by atoms with Crippen LogP contribution >= 0.6 is 11.3 Å². The molecule has 1 amide bonds. The first-order valence-electron chi connectivity index (χ1n) is 6.51. The summed E-state index contributed by atoms with van der Waals surface area (Å²) in [4.78, 5) is 14.9. The second-order valence-corrected chi connectivity index (χ2v) is 5.68. The maximum absolute atomic E-state index is 12.4. The third-order valence-electron chi connectivity index (χ3n) is 2.98. The van der Waals surface area contributed by atoms with E-state index < -0.39 is 0 Å². The number of aryl methyl sites for hydroxylation is 2. The molecule has 0 saturated carbocycles. The predicted molar refractivity (Wildman–Crippen MR) is 82.3 cm³/mol. The first kappa shape index (κ1) is 15.4. The Hall–Kier alpha value is -2.03. The highest BCUT2D eigenvalue weighted by Crippen LogP contribution is 2.19. The largest absolute Gasteiger partial charge is 0.466 e. The molecule has 0 atom stereocenters. The van der Waals surface area contributed by atoms with E-state index >= 15 is 0 Å². The number of carbonyl (C=O) groups is 1. The minimum atomic E-state index is -0.148. The Morgan fingerprint density at radius 3 is 2.81 bits per heavy atom. The van der Waals surface area contributed by atoms with E-state index in [1.807, 2.05) is 18.4 Å². The van der Waals surface area contributed by atoms with Crippen molar-refractivity contribution in [2.24, 2.45) is 0 Å². The molecule has 0 radical (unpaired) electrons. The minimum absolute atomic E-state index is 0.0569. The monoisotopic (exact) mass is 303 g/mol. The molecular weight excluding hydrogens is 286 g/mol. The summed E-state index contributed by atoms with van der Waals surface area (Å²) >= 11 is 1.51. The molecule has 110 valence electrons. The van der Waals surface area contributed by atoms with Crippen LogP contribution < -0.4 is 0 Å². The summed E-state index contributed by atoms with van der Waals surface area (Å²) in [5.41, 5.74) is 1.63. The smallest absolute Gasteiger partial charge is 0.257 e. The molecule has 0 unspecified atom stereocenters. The van der Waals surface area contributed by atoms with Gasteiger partial charge in [0.1, 0.15) is 18.1 Å². The zero-order valence-electron chi connectivity index (χ0n) is 12.3. The fourth-order valence-corrected chi connectivity index (χ4v) is 2.82. The van der Waals surface area contributed by atoms with Crippen molar-refractivity contribution in [3.05, 3.63) is 45.0 Å². The molecule has 21 heavy (non-hydrogen) atoms. The van der Waals surface area contributed by atoms with Gasteiger partial charge in [0.15, 0.2) is 0 Å². The summed E-state index contributed by atoms with van der Waals surface area (Å²) in [6.45, 7) is 3.99. The van der Waals surface area contributed by atoms with Crippen molar-refractivity contribution in [1.82, 2.24) is 4.90 Å². The lowest BCUT2D eigenvalue weighted by molar-refractivity contribution is 0.0783. The second-order valence-electron chi connectivity index (χ2n) is 4.77. The maximum atomic E-state index is 12.4. The molecular formula is C16H17NO3S. The highest BCUT2D eigenvalue weighted by molar-refractivity contribution is 7.10. The fraction of sp³-hybridized carbons (Fsp3) is 0.312. The van der Waals surface area contributed by atoms with Crippen LogP contribution in [0.4, 0.5) is 0 Å². The number of rotatable bonds is 3. The Balaban J connectivity index is 2.07. The van der Waals surface area contributed by atoms with Gasteiger partial charge in [0.25, 0.3) is 5.91 Å². The number of aliphatic hydroxyl groups excluding tert-OH is 1. The highest BCUT2D eigenvalue weighted by atomic mass is 32.1. The van der Waals surface area contributed by atoms with Crippen LogP contribution in [0.25, 0.3) is 0 Å². The maximum Gasteiger partial charge on any atom is 0.257 e. The third-order valence-corrected chi connectivity index (χ3v) is 3.88. The topological polar surface area (TPSA) is 53.7 Å². The van der Waals surface area contributed by atoms with E-state index in [9.17, 15) is 4.79 Å². The van der Waals surface area contributed by atoms with Crippen LogP contribution in [-0.2, 0) is 6.54 Å². The third kappa shape index (κ3) is 3.75. The molecule has 4 nitrogen and oxygen atoms in total. The van der Waals surface area contributed by atoms with E-state index in [1.165, 1.54) is 11.3 Å². The van der Waals surface area contributed by atoms with Crippen molar-refractivity contribution < 1.29 is 14.3 Å². The minimum Gasteiger partial charge on any atom is -0.466 e. The SMILES string of the molecule is Cc1cc(C(=O)N(C)Cc2csc(C#CCO)c2)c(C)o1. The van der Waals surface area contributed by atoms with Crippen LogP contribution in [0.1, 0.15) is 32.3 Å². The number of aliphatic hydroxyl groups is 1. The van der Waals surface area contributed by atoms with Gasteiger partial charge < -0.3 is 14.4 Å². The molecule has 0 aliphatic rings. The van der Waals surface area contributed by atoms with Crippen molar-refractivity contribution >= 4 is 17.2 Å². The molecule has 0 aliphatic heterocycles. The fourth-order valence-electron chi connectivity index (χ4n) is 2.05.